The Kier molecular flexibility index (Phi) is 5.27. The molecule has 2 amide bonds. The van der Waals surface area contributed by atoms with Crippen LogP contribution in [0.3, 0.4) is 0 Å². The first-order chi connectivity index (χ1) is 11.1. The molecule has 3 rings (SSSR count). The second-order valence-electron chi connectivity index (χ2n) is 6.66. The van der Waals surface area contributed by atoms with E-state index in [-0.39, 0.29) is 17.7 Å². The number of nitrogens with one attached hydrogen (secondary N) is 2. The van der Waals surface area contributed by atoms with Gasteiger partial charge >= 0.3 is 0 Å². The largest absolute Gasteiger partial charge is 0.355 e. The summed E-state index contributed by atoms with van der Waals surface area (Å²) in [6.45, 7) is 5.83. The van der Waals surface area contributed by atoms with Gasteiger partial charge in [-0.1, -0.05) is 6.92 Å². The third-order valence-corrected chi connectivity index (χ3v) is 5.35. The summed E-state index contributed by atoms with van der Waals surface area (Å²) in [5, 5.41) is 8.31. The highest BCUT2D eigenvalue weighted by molar-refractivity contribution is 7.13. The first-order valence-corrected chi connectivity index (χ1v) is 9.22. The number of aromatic nitrogens is 1. The van der Waals surface area contributed by atoms with Crippen LogP contribution in [0.5, 0.6) is 0 Å². The van der Waals surface area contributed by atoms with Gasteiger partial charge < -0.3 is 10.6 Å². The summed E-state index contributed by atoms with van der Waals surface area (Å²) in [7, 11) is 0. The highest BCUT2D eigenvalue weighted by Gasteiger charge is 2.25. The molecular formula is C16H24N4O2S. The van der Waals surface area contributed by atoms with Gasteiger partial charge in [-0.15, -0.1) is 11.3 Å². The lowest BCUT2D eigenvalue weighted by Gasteiger charge is -2.30. The molecule has 3 heterocycles. The zero-order chi connectivity index (χ0) is 16.2. The van der Waals surface area contributed by atoms with Crippen molar-refractivity contribution in [2.75, 3.05) is 25.0 Å². The average Bonchev–Trinajstić information content (AvgIpc) is 2.95. The molecule has 0 bridgehead atoms. The van der Waals surface area contributed by atoms with Gasteiger partial charge in [0.1, 0.15) is 0 Å². The molecule has 6 nitrogen and oxygen atoms in total. The summed E-state index contributed by atoms with van der Waals surface area (Å²) in [5.74, 6) is 0.588. The first kappa shape index (κ1) is 16.4. The molecule has 2 aliphatic rings. The number of amides is 2. The SMILES string of the molecule is CC1CCCN(Cc2csc(NC(=O)C3CCC(=O)NC3)n2)C1. The third kappa shape index (κ3) is 4.51. The molecule has 2 saturated heterocycles. The fourth-order valence-electron chi connectivity index (χ4n) is 3.26. The van der Waals surface area contributed by atoms with Crippen LogP contribution in [0.4, 0.5) is 5.13 Å². The topological polar surface area (TPSA) is 74.3 Å². The van der Waals surface area contributed by atoms with Gasteiger partial charge in [-0.25, -0.2) is 4.98 Å². The van der Waals surface area contributed by atoms with Gasteiger partial charge in [0.2, 0.25) is 11.8 Å². The predicted octanol–water partition coefficient (Wildman–Crippen LogP) is 1.84. The van der Waals surface area contributed by atoms with E-state index in [2.05, 4.69) is 27.4 Å². The van der Waals surface area contributed by atoms with Crippen molar-refractivity contribution in [2.24, 2.45) is 11.8 Å². The van der Waals surface area contributed by atoms with Gasteiger partial charge in [0.15, 0.2) is 5.13 Å². The van der Waals surface area contributed by atoms with Crippen molar-refractivity contribution in [1.82, 2.24) is 15.2 Å². The van der Waals surface area contributed by atoms with Crippen LogP contribution in [0.2, 0.25) is 0 Å². The smallest absolute Gasteiger partial charge is 0.231 e. The normalized spacial score (nSPS) is 25.9. The quantitative estimate of drug-likeness (QED) is 0.880. The fourth-order valence-corrected chi connectivity index (χ4v) is 3.96. The lowest BCUT2D eigenvalue weighted by atomic mass is 9.98. The maximum absolute atomic E-state index is 12.2. The van der Waals surface area contributed by atoms with E-state index >= 15 is 0 Å². The molecule has 0 aliphatic carbocycles. The van der Waals surface area contributed by atoms with E-state index in [1.807, 2.05) is 5.38 Å². The molecule has 0 saturated carbocycles. The number of carbonyl (C=O) groups is 2. The Hall–Kier alpha value is -1.47. The van der Waals surface area contributed by atoms with E-state index in [1.165, 1.54) is 24.2 Å². The predicted molar refractivity (Wildman–Crippen MR) is 90.2 cm³/mol. The number of hydrogen-bond acceptors (Lipinski definition) is 5. The van der Waals surface area contributed by atoms with Crippen LogP contribution < -0.4 is 10.6 Å². The Morgan fingerprint density at radius 2 is 2.39 bits per heavy atom. The Balaban J connectivity index is 1.50. The van der Waals surface area contributed by atoms with Gasteiger partial charge in [-0.05, 0) is 31.7 Å². The van der Waals surface area contributed by atoms with Crippen molar-refractivity contribution in [1.29, 1.82) is 0 Å². The molecule has 0 spiro atoms. The number of likely N-dealkylation sites (tertiary alicyclic amines) is 1. The summed E-state index contributed by atoms with van der Waals surface area (Å²) >= 11 is 1.47. The summed E-state index contributed by atoms with van der Waals surface area (Å²) in [6, 6.07) is 0. The first-order valence-electron chi connectivity index (χ1n) is 8.34. The molecular weight excluding hydrogens is 312 g/mol. The second-order valence-corrected chi connectivity index (χ2v) is 7.51. The van der Waals surface area contributed by atoms with Gasteiger partial charge in [0.25, 0.3) is 0 Å². The van der Waals surface area contributed by atoms with E-state index in [0.717, 1.165) is 31.2 Å². The summed E-state index contributed by atoms with van der Waals surface area (Å²) < 4.78 is 0. The Labute approximate surface area is 140 Å². The van der Waals surface area contributed by atoms with Crippen molar-refractivity contribution in [3.63, 3.8) is 0 Å². The molecule has 1 aromatic heterocycles. The lowest BCUT2D eigenvalue weighted by Crippen LogP contribution is -2.40. The van der Waals surface area contributed by atoms with Crippen molar-refractivity contribution >= 4 is 28.3 Å². The van der Waals surface area contributed by atoms with E-state index in [9.17, 15) is 9.59 Å². The number of carbonyl (C=O) groups excluding carboxylic acids is 2. The van der Waals surface area contributed by atoms with Crippen molar-refractivity contribution in [3.8, 4) is 0 Å². The van der Waals surface area contributed by atoms with E-state index in [0.29, 0.717) is 24.5 Å². The van der Waals surface area contributed by atoms with E-state index in [4.69, 9.17) is 0 Å². The minimum absolute atomic E-state index is 0.0290. The molecule has 1 aromatic rings. The minimum atomic E-state index is -0.150. The van der Waals surface area contributed by atoms with Gasteiger partial charge in [0.05, 0.1) is 11.6 Å². The van der Waals surface area contributed by atoms with E-state index < -0.39 is 0 Å². The van der Waals surface area contributed by atoms with Crippen molar-refractivity contribution < 1.29 is 9.59 Å². The molecule has 2 fully saturated rings. The number of thiazole rings is 1. The van der Waals surface area contributed by atoms with Crippen LogP contribution in [-0.4, -0.2) is 41.3 Å². The maximum atomic E-state index is 12.2. The van der Waals surface area contributed by atoms with Gasteiger partial charge in [-0.2, -0.15) is 0 Å². The monoisotopic (exact) mass is 336 g/mol. The van der Waals surface area contributed by atoms with Gasteiger partial charge in [0, 0.05) is 31.4 Å². The maximum Gasteiger partial charge on any atom is 0.231 e. The van der Waals surface area contributed by atoms with Crippen LogP contribution >= 0.6 is 11.3 Å². The summed E-state index contributed by atoms with van der Waals surface area (Å²) in [5.41, 5.74) is 1.02. The number of rotatable bonds is 4. The Morgan fingerprint density at radius 3 is 3.13 bits per heavy atom. The molecule has 2 atom stereocenters. The van der Waals surface area contributed by atoms with Crippen molar-refractivity contribution in [2.45, 2.75) is 39.2 Å². The number of nitrogens with zero attached hydrogens (tertiary/aromatic N) is 2. The lowest BCUT2D eigenvalue weighted by molar-refractivity contribution is -0.126. The molecule has 2 unspecified atom stereocenters. The highest BCUT2D eigenvalue weighted by atomic mass is 32.1. The Morgan fingerprint density at radius 1 is 1.52 bits per heavy atom. The van der Waals surface area contributed by atoms with Crippen molar-refractivity contribution in [3.05, 3.63) is 11.1 Å². The minimum Gasteiger partial charge on any atom is -0.355 e. The Bertz CT molecular complexity index is 564. The third-order valence-electron chi connectivity index (χ3n) is 4.54. The molecule has 0 aromatic carbocycles. The molecule has 126 valence electrons. The van der Waals surface area contributed by atoms with Crippen LogP contribution in [-0.2, 0) is 16.1 Å². The molecule has 2 N–H and O–H groups in total. The zero-order valence-electron chi connectivity index (χ0n) is 13.5. The summed E-state index contributed by atoms with van der Waals surface area (Å²) in [4.78, 5) is 30.3. The average molecular weight is 336 g/mol. The van der Waals surface area contributed by atoms with Crippen LogP contribution in [0, 0.1) is 11.8 Å². The number of hydrogen-bond donors (Lipinski definition) is 2. The summed E-state index contributed by atoms with van der Waals surface area (Å²) in [6.07, 6.45) is 3.60. The zero-order valence-corrected chi connectivity index (χ0v) is 14.3. The van der Waals surface area contributed by atoms with Crippen LogP contribution in [0.25, 0.3) is 0 Å². The number of piperidine rings is 2. The van der Waals surface area contributed by atoms with E-state index in [1.54, 1.807) is 0 Å². The number of anilines is 1. The highest BCUT2D eigenvalue weighted by Crippen LogP contribution is 2.22. The standard InChI is InChI=1S/C16H24N4O2S/c1-11-3-2-6-20(8-11)9-13-10-23-16(18-13)19-15(22)12-4-5-14(21)17-7-12/h10-12H,2-9H2,1H3,(H,17,21)(H,18,19,22). The second kappa shape index (κ2) is 7.40. The van der Waals surface area contributed by atoms with Crippen LogP contribution in [0.15, 0.2) is 5.38 Å². The molecule has 7 heteroatoms. The molecule has 0 radical (unpaired) electrons. The van der Waals surface area contributed by atoms with Gasteiger partial charge in [-0.3, -0.25) is 14.5 Å². The molecule has 23 heavy (non-hydrogen) atoms. The van der Waals surface area contributed by atoms with Crippen LogP contribution in [0.1, 0.15) is 38.3 Å². The molecule has 2 aliphatic heterocycles. The fraction of sp³-hybridized carbons (Fsp3) is 0.688.